The summed E-state index contributed by atoms with van der Waals surface area (Å²) in [5.74, 6) is 0. The number of aromatic nitrogens is 1. The highest BCUT2D eigenvalue weighted by atomic mass is 14.7. The van der Waals surface area contributed by atoms with Gasteiger partial charge in [-0.3, -0.25) is 0 Å². The van der Waals surface area contributed by atoms with Crippen LogP contribution in [0.5, 0.6) is 0 Å². The number of nitrogens with zero attached hydrogens (tertiary/aromatic N) is 1. The number of fused-ring (bicyclic) bond motifs is 1. The maximum Gasteiger partial charge on any atom is 0.196 e. The van der Waals surface area contributed by atoms with Crippen molar-refractivity contribution in [2.24, 2.45) is 0 Å². The molecule has 1 heterocycles. The van der Waals surface area contributed by atoms with E-state index < -0.39 is 0 Å². The molecule has 0 saturated carbocycles. The Hall–Kier alpha value is -2.53. The van der Waals surface area contributed by atoms with Crippen molar-refractivity contribution in [1.29, 1.82) is 0 Å². The van der Waals surface area contributed by atoms with E-state index in [9.17, 15) is 0 Å². The predicted molar refractivity (Wildman–Crippen MR) is 70.0 cm³/mol. The third-order valence-corrected chi connectivity index (χ3v) is 2.84. The van der Waals surface area contributed by atoms with Gasteiger partial charge in [0.05, 0.1) is 6.57 Å². The molecule has 2 heteroatoms. The maximum atomic E-state index is 7.18. The van der Waals surface area contributed by atoms with Crippen LogP contribution in [0.1, 0.15) is 0 Å². The molecule has 1 aromatic heterocycles. The molecule has 2 nitrogen and oxygen atoms in total. The normalized spacial score (nSPS) is 10.3. The SMILES string of the molecule is [C-]#[N+]c1ccccc1-c1cc2ccccc2[nH]1. The summed E-state index contributed by atoms with van der Waals surface area (Å²) in [5.41, 5.74) is 3.73. The van der Waals surface area contributed by atoms with Crippen LogP contribution < -0.4 is 0 Å². The average molecular weight is 218 g/mol. The Labute approximate surface area is 99.3 Å². The quantitative estimate of drug-likeness (QED) is 0.585. The molecule has 0 aliphatic carbocycles. The molecule has 80 valence electrons. The summed E-state index contributed by atoms with van der Waals surface area (Å²) in [4.78, 5) is 6.89. The Bertz CT molecular complexity index is 684. The Balaban J connectivity index is 2.25. The maximum absolute atomic E-state index is 7.18. The first kappa shape index (κ1) is 9.68. The monoisotopic (exact) mass is 218 g/mol. The number of hydrogen-bond acceptors (Lipinski definition) is 0. The molecule has 0 amide bonds. The van der Waals surface area contributed by atoms with Gasteiger partial charge in [0.25, 0.3) is 0 Å². The van der Waals surface area contributed by atoms with Crippen molar-refractivity contribution in [1.82, 2.24) is 4.98 Å². The summed E-state index contributed by atoms with van der Waals surface area (Å²) in [6.07, 6.45) is 0. The van der Waals surface area contributed by atoms with Gasteiger partial charge < -0.3 is 4.98 Å². The lowest BCUT2D eigenvalue weighted by atomic mass is 10.1. The van der Waals surface area contributed by atoms with Crippen LogP contribution >= 0.6 is 0 Å². The fraction of sp³-hybridized carbons (Fsp3) is 0. The summed E-state index contributed by atoms with van der Waals surface area (Å²) >= 11 is 0. The Morgan fingerprint density at radius 1 is 0.941 bits per heavy atom. The van der Waals surface area contributed by atoms with Gasteiger partial charge in [0, 0.05) is 16.8 Å². The highest BCUT2D eigenvalue weighted by Crippen LogP contribution is 2.31. The molecule has 3 aromatic rings. The predicted octanol–water partition coefficient (Wildman–Crippen LogP) is 4.39. The first-order chi connectivity index (χ1) is 8.38. The molecule has 0 aliphatic heterocycles. The molecule has 0 bridgehead atoms. The number of benzene rings is 2. The smallest absolute Gasteiger partial charge is 0.196 e. The minimum absolute atomic E-state index is 0.680. The average Bonchev–Trinajstić information content (AvgIpc) is 2.82. The van der Waals surface area contributed by atoms with Crippen LogP contribution in [0.25, 0.3) is 27.0 Å². The van der Waals surface area contributed by atoms with Crippen molar-refractivity contribution in [3.8, 4) is 11.3 Å². The highest BCUT2D eigenvalue weighted by molar-refractivity contribution is 5.88. The zero-order valence-electron chi connectivity index (χ0n) is 9.14. The van der Waals surface area contributed by atoms with E-state index in [4.69, 9.17) is 6.57 Å². The van der Waals surface area contributed by atoms with Crippen LogP contribution in [0.3, 0.4) is 0 Å². The number of H-pyrrole nitrogens is 1. The molecule has 0 radical (unpaired) electrons. The van der Waals surface area contributed by atoms with Gasteiger partial charge in [0.2, 0.25) is 0 Å². The fourth-order valence-electron chi connectivity index (χ4n) is 2.02. The molecule has 1 N–H and O–H groups in total. The number of para-hydroxylation sites is 2. The molecular formula is C15H10N2. The van der Waals surface area contributed by atoms with Crippen LogP contribution in [0.15, 0.2) is 54.6 Å². The third kappa shape index (κ3) is 1.58. The van der Waals surface area contributed by atoms with E-state index in [0.717, 1.165) is 16.8 Å². The first-order valence-corrected chi connectivity index (χ1v) is 5.43. The molecule has 2 aromatic carbocycles. The largest absolute Gasteiger partial charge is 0.356 e. The summed E-state index contributed by atoms with van der Waals surface area (Å²) in [5, 5.41) is 1.17. The molecule has 0 atom stereocenters. The van der Waals surface area contributed by atoms with Crippen molar-refractivity contribution in [3.63, 3.8) is 0 Å². The van der Waals surface area contributed by atoms with Gasteiger partial charge in [-0.15, -0.1) is 0 Å². The van der Waals surface area contributed by atoms with E-state index in [1.54, 1.807) is 0 Å². The summed E-state index contributed by atoms with van der Waals surface area (Å²) in [7, 11) is 0. The van der Waals surface area contributed by atoms with E-state index in [0.29, 0.717) is 5.69 Å². The minimum atomic E-state index is 0.680. The third-order valence-electron chi connectivity index (χ3n) is 2.84. The van der Waals surface area contributed by atoms with Gasteiger partial charge in [0.1, 0.15) is 0 Å². The zero-order valence-corrected chi connectivity index (χ0v) is 9.14. The van der Waals surface area contributed by atoms with Gasteiger partial charge >= 0.3 is 0 Å². The van der Waals surface area contributed by atoms with Crippen LogP contribution in [-0.4, -0.2) is 4.98 Å². The molecule has 3 rings (SSSR count). The molecule has 0 spiro atoms. The minimum Gasteiger partial charge on any atom is -0.356 e. The first-order valence-electron chi connectivity index (χ1n) is 5.43. The van der Waals surface area contributed by atoms with Crippen molar-refractivity contribution in [2.45, 2.75) is 0 Å². The van der Waals surface area contributed by atoms with Gasteiger partial charge in [-0.2, -0.15) is 0 Å². The second-order valence-electron chi connectivity index (χ2n) is 3.90. The van der Waals surface area contributed by atoms with Crippen LogP contribution in [0.2, 0.25) is 0 Å². The molecular weight excluding hydrogens is 208 g/mol. The molecule has 0 fully saturated rings. The molecule has 0 saturated heterocycles. The van der Waals surface area contributed by atoms with E-state index in [1.807, 2.05) is 42.5 Å². The number of aromatic amines is 1. The lowest BCUT2D eigenvalue weighted by molar-refractivity contribution is 1.46. The van der Waals surface area contributed by atoms with Crippen LogP contribution in [0.4, 0.5) is 5.69 Å². The topological polar surface area (TPSA) is 20.1 Å². The number of rotatable bonds is 1. The lowest BCUT2D eigenvalue weighted by Crippen LogP contribution is -1.76. The van der Waals surface area contributed by atoms with Gasteiger partial charge in [0.15, 0.2) is 5.69 Å². The fourth-order valence-corrected chi connectivity index (χ4v) is 2.02. The van der Waals surface area contributed by atoms with Crippen molar-refractivity contribution < 1.29 is 0 Å². The number of nitrogens with one attached hydrogen (secondary N) is 1. The Morgan fingerprint density at radius 2 is 1.71 bits per heavy atom. The molecule has 0 unspecified atom stereocenters. The Morgan fingerprint density at radius 3 is 2.53 bits per heavy atom. The van der Waals surface area contributed by atoms with Gasteiger partial charge in [-0.25, -0.2) is 4.85 Å². The number of hydrogen-bond donors (Lipinski definition) is 1. The van der Waals surface area contributed by atoms with Crippen molar-refractivity contribution >= 4 is 16.6 Å². The standard InChI is InChI=1S/C15H10N2/c1-16-14-9-5-3-7-12(14)15-10-11-6-2-4-8-13(11)17-15/h2-10,17H. The second kappa shape index (κ2) is 3.80. The van der Waals surface area contributed by atoms with Gasteiger partial charge in [-0.05, 0) is 17.5 Å². The lowest BCUT2D eigenvalue weighted by Gasteiger charge is -1.99. The van der Waals surface area contributed by atoms with Crippen LogP contribution in [0, 0.1) is 6.57 Å². The highest BCUT2D eigenvalue weighted by Gasteiger charge is 2.06. The molecule has 0 aliphatic rings. The van der Waals surface area contributed by atoms with Crippen molar-refractivity contribution in [2.75, 3.05) is 0 Å². The van der Waals surface area contributed by atoms with Crippen molar-refractivity contribution in [3.05, 3.63) is 66.0 Å². The van der Waals surface area contributed by atoms with E-state index in [-0.39, 0.29) is 0 Å². The van der Waals surface area contributed by atoms with E-state index >= 15 is 0 Å². The second-order valence-corrected chi connectivity index (χ2v) is 3.90. The zero-order chi connectivity index (χ0) is 11.7. The summed E-state index contributed by atoms with van der Waals surface area (Å²) in [6, 6.07) is 17.9. The van der Waals surface area contributed by atoms with Crippen LogP contribution in [-0.2, 0) is 0 Å². The Kier molecular flexibility index (Phi) is 2.16. The summed E-state index contributed by atoms with van der Waals surface area (Å²) < 4.78 is 0. The van der Waals surface area contributed by atoms with Gasteiger partial charge in [-0.1, -0.05) is 42.5 Å². The summed E-state index contributed by atoms with van der Waals surface area (Å²) in [6.45, 7) is 7.18. The van der Waals surface area contributed by atoms with E-state index in [1.165, 1.54) is 5.39 Å². The van der Waals surface area contributed by atoms with E-state index in [2.05, 4.69) is 22.0 Å². The molecule has 17 heavy (non-hydrogen) atoms.